The fourth-order valence-electron chi connectivity index (χ4n) is 3.05. The Morgan fingerprint density at radius 2 is 1.13 bits per heavy atom. The predicted octanol–water partition coefficient (Wildman–Crippen LogP) is 7.06. The monoisotopic (exact) mass is 326 g/mol. The van der Waals surface area contributed by atoms with Crippen LogP contribution < -0.4 is 0 Å². The van der Waals surface area contributed by atoms with Gasteiger partial charge >= 0.3 is 5.97 Å². The Hall–Kier alpha value is -0.530. The van der Waals surface area contributed by atoms with Crippen molar-refractivity contribution in [2.45, 2.75) is 117 Å². The minimum absolute atomic E-state index is 0.0421. The molecule has 1 unspecified atom stereocenters. The molecule has 0 spiro atoms. The molecule has 0 aliphatic carbocycles. The smallest absolute Gasteiger partial charge is 0.305 e. The Morgan fingerprint density at radius 3 is 1.61 bits per heavy atom. The summed E-state index contributed by atoms with van der Waals surface area (Å²) in [5, 5.41) is 0. The second-order valence-electron chi connectivity index (χ2n) is 7.02. The summed E-state index contributed by atoms with van der Waals surface area (Å²) in [6, 6.07) is 0. The van der Waals surface area contributed by atoms with Crippen molar-refractivity contribution in [2.75, 3.05) is 6.61 Å². The first kappa shape index (κ1) is 22.5. The quantitative estimate of drug-likeness (QED) is 0.211. The minimum Gasteiger partial charge on any atom is -0.465 e. The molecule has 0 aromatic rings. The molecule has 0 radical (unpaired) electrons. The molecule has 0 aliphatic heterocycles. The van der Waals surface area contributed by atoms with Crippen LogP contribution in [-0.2, 0) is 9.53 Å². The summed E-state index contributed by atoms with van der Waals surface area (Å²) in [5.41, 5.74) is 0. The number of esters is 1. The number of ether oxygens (including phenoxy) is 1. The summed E-state index contributed by atoms with van der Waals surface area (Å²) in [5.74, 6) is 0.543. The lowest BCUT2D eigenvalue weighted by molar-refractivity contribution is -0.144. The highest BCUT2D eigenvalue weighted by Crippen LogP contribution is 2.19. The molecule has 0 saturated carbocycles. The van der Waals surface area contributed by atoms with E-state index in [-0.39, 0.29) is 5.97 Å². The minimum atomic E-state index is -0.0421. The summed E-state index contributed by atoms with van der Waals surface area (Å²) in [6.45, 7) is 7.04. The van der Waals surface area contributed by atoms with Crippen LogP contribution >= 0.6 is 0 Å². The summed E-state index contributed by atoms with van der Waals surface area (Å²) < 4.78 is 5.39. The number of hydrogen-bond donors (Lipinski definition) is 0. The second kappa shape index (κ2) is 17.8. The number of rotatable bonds is 17. The van der Waals surface area contributed by atoms with E-state index in [2.05, 4.69) is 13.8 Å². The van der Waals surface area contributed by atoms with Gasteiger partial charge in [0, 0.05) is 6.42 Å². The number of carbonyl (C=O) groups excluding carboxylic acids is 1. The highest BCUT2D eigenvalue weighted by atomic mass is 16.5. The van der Waals surface area contributed by atoms with Crippen LogP contribution in [0.3, 0.4) is 0 Å². The maximum Gasteiger partial charge on any atom is 0.305 e. The highest BCUT2D eigenvalue weighted by molar-refractivity contribution is 5.68. The van der Waals surface area contributed by atoms with Crippen molar-refractivity contribution in [3.05, 3.63) is 0 Å². The van der Waals surface area contributed by atoms with E-state index in [1.807, 2.05) is 6.92 Å². The van der Waals surface area contributed by atoms with Crippen molar-refractivity contribution < 1.29 is 9.53 Å². The summed E-state index contributed by atoms with van der Waals surface area (Å²) >= 11 is 0. The summed E-state index contributed by atoms with van der Waals surface area (Å²) in [4.78, 5) is 11.4. The number of carbonyl (C=O) groups is 1. The van der Waals surface area contributed by atoms with Gasteiger partial charge in [0.05, 0.1) is 6.61 Å². The molecule has 0 amide bonds. The number of hydrogen-bond acceptors (Lipinski definition) is 2. The SMILES string of the molecule is CCCCCCCCCCC(CCCCCC)COC(=O)CC. The first-order chi connectivity index (χ1) is 11.2. The van der Waals surface area contributed by atoms with Gasteiger partial charge in [-0.1, -0.05) is 97.8 Å². The normalized spacial score (nSPS) is 12.3. The lowest BCUT2D eigenvalue weighted by atomic mass is 9.95. The van der Waals surface area contributed by atoms with Crippen molar-refractivity contribution in [1.29, 1.82) is 0 Å². The summed E-state index contributed by atoms with van der Waals surface area (Å²) in [6.07, 6.45) is 19.1. The maximum atomic E-state index is 11.4. The lowest BCUT2D eigenvalue weighted by Crippen LogP contribution is -2.14. The predicted molar refractivity (Wildman–Crippen MR) is 101 cm³/mol. The van der Waals surface area contributed by atoms with Gasteiger partial charge in [-0.3, -0.25) is 4.79 Å². The van der Waals surface area contributed by atoms with Gasteiger partial charge in [-0.2, -0.15) is 0 Å². The van der Waals surface area contributed by atoms with Crippen molar-refractivity contribution in [1.82, 2.24) is 0 Å². The molecule has 23 heavy (non-hydrogen) atoms. The van der Waals surface area contributed by atoms with Gasteiger partial charge in [-0.05, 0) is 18.8 Å². The molecule has 1 atom stereocenters. The van der Waals surface area contributed by atoms with E-state index in [4.69, 9.17) is 4.74 Å². The van der Waals surface area contributed by atoms with Gasteiger partial charge < -0.3 is 4.74 Å². The van der Waals surface area contributed by atoms with Crippen LogP contribution in [0.2, 0.25) is 0 Å². The Kier molecular flexibility index (Phi) is 17.4. The molecule has 0 bridgehead atoms. The molecule has 0 heterocycles. The van der Waals surface area contributed by atoms with Crippen LogP contribution in [0.5, 0.6) is 0 Å². The van der Waals surface area contributed by atoms with E-state index in [9.17, 15) is 4.79 Å². The molecule has 0 aromatic carbocycles. The zero-order valence-corrected chi connectivity index (χ0v) is 16.2. The van der Waals surface area contributed by atoms with Crippen molar-refractivity contribution in [3.63, 3.8) is 0 Å². The molecular formula is C21H42O2. The first-order valence-electron chi connectivity index (χ1n) is 10.4. The topological polar surface area (TPSA) is 26.3 Å². The van der Waals surface area contributed by atoms with Crippen LogP contribution in [-0.4, -0.2) is 12.6 Å². The van der Waals surface area contributed by atoms with E-state index < -0.39 is 0 Å². The second-order valence-corrected chi connectivity index (χ2v) is 7.02. The third kappa shape index (κ3) is 16.1. The Labute approximate surface area is 145 Å². The van der Waals surface area contributed by atoms with Gasteiger partial charge in [-0.25, -0.2) is 0 Å². The molecule has 0 rings (SSSR count). The molecule has 2 nitrogen and oxygen atoms in total. The maximum absolute atomic E-state index is 11.4. The van der Waals surface area contributed by atoms with Crippen molar-refractivity contribution >= 4 is 5.97 Å². The van der Waals surface area contributed by atoms with Crippen LogP contribution in [0.1, 0.15) is 117 Å². The van der Waals surface area contributed by atoms with Crippen LogP contribution in [0.25, 0.3) is 0 Å². The van der Waals surface area contributed by atoms with E-state index in [0.717, 1.165) is 0 Å². The van der Waals surface area contributed by atoms with E-state index in [0.29, 0.717) is 18.9 Å². The zero-order chi connectivity index (χ0) is 17.2. The molecule has 0 saturated heterocycles. The summed E-state index contributed by atoms with van der Waals surface area (Å²) in [7, 11) is 0. The molecule has 0 aliphatic rings. The van der Waals surface area contributed by atoms with Crippen LogP contribution in [0.15, 0.2) is 0 Å². The van der Waals surface area contributed by atoms with Crippen molar-refractivity contribution in [2.24, 2.45) is 5.92 Å². The average Bonchev–Trinajstić information content (AvgIpc) is 2.57. The third-order valence-electron chi connectivity index (χ3n) is 4.70. The largest absolute Gasteiger partial charge is 0.465 e. The highest BCUT2D eigenvalue weighted by Gasteiger charge is 2.11. The first-order valence-corrected chi connectivity index (χ1v) is 10.4. The molecule has 2 heteroatoms. The van der Waals surface area contributed by atoms with Crippen LogP contribution in [0.4, 0.5) is 0 Å². The molecule has 0 N–H and O–H groups in total. The molecule has 0 aromatic heterocycles. The zero-order valence-electron chi connectivity index (χ0n) is 16.2. The van der Waals surface area contributed by atoms with Gasteiger partial charge in [0.1, 0.15) is 0 Å². The lowest BCUT2D eigenvalue weighted by Gasteiger charge is -2.17. The molecule has 138 valence electrons. The Bertz CT molecular complexity index is 250. The average molecular weight is 327 g/mol. The molecular weight excluding hydrogens is 284 g/mol. The van der Waals surface area contributed by atoms with Gasteiger partial charge in [-0.15, -0.1) is 0 Å². The van der Waals surface area contributed by atoms with E-state index in [1.54, 1.807) is 0 Å². The van der Waals surface area contributed by atoms with E-state index >= 15 is 0 Å². The van der Waals surface area contributed by atoms with E-state index in [1.165, 1.54) is 89.9 Å². The number of unbranched alkanes of at least 4 members (excludes halogenated alkanes) is 10. The third-order valence-corrected chi connectivity index (χ3v) is 4.70. The fraction of sp³-hybridized carbons (Fsp3) is 0.952. The van der Waals surface area contributed by atoms with Gasteiger partial charge in [0.25, 0.3) is 0 Å². The standard InChI is InChI=1S/C21H42O2/c1-4-7-9-11-12-13-14-16-18-20(17-15-10-8-5-2)19-23-21(22)6-3/h20H,4-19H2,1-3H3. The van der Waals surface area contributed by atoms with Gasteiger partial charge in [0.15, 0.2) is 0 Å². The van der Waals surface area contributed by atoms with Gasteiger partial charge in [0.2, 0.25) is 0 Å². The fourth-order valence-corrected chi connectivity index (χ4v) is 3.05. The molecule has 0 fully saturated rings. The van der Waals surface area contributed by atoms with Crippen LogP contribution in [0, 0.1) is 5.92 Å². The Morgan fingerprint density at radius 1 is 0.696 bits per heavy atom. The van der Waals surface area contributed by atoms with Crippen molar-refractivity contribution in [3.8, 4) is 0 Å². The Balaban J connectivity index is 3.74.